The zero-order chi connectivity index (χ0) is 8.10. The van der Waals surface area contributed by atoms with Crippen molar-refractivity contribution in [1.29, 1.82) is 0 Å². The van der Waals surface area contributed by atoms with Crippen LogP contribution < -0.4 is 0 Å². The van der Waals surface area contributed by atoms with E-state index >= 15 is 0 Å². The molecule has 0 N–H and O–H groups in total. The molecule has 11 heavy (non-hydrogen) atoms. The van der Waals surface area contributed by atoms with Gasteiger partial charge >= 0.3 is 0 Å². The van der Waals surface area contributed by atoms with Gasteiger partial charge in [0.25, 0.3) is 0 Å². The highest BCUT2D eigenvalue weighted by molar-refractivity contribution is 5.30. The Hall–Kier alpha value is -0.780. The molecule has 0 amide bonds. The van der Waals surface area contributed by atoms with Gasteiger partial charge in [-0.1, -0.05) is 44.2 Å². The summed E-state index contributed by atoms with van der Waals surface area (Å²) in [6, 6.07) is 10.5. The zero-order valence-electron chi connectivity index (χ0n) is 7.01. The van der Waals surface area contributed by atoms with Crippen molar-refractivity contribution in [2.24, 2.45) is 0 Å². The van der Waals surface area contributed by atoms with Crippen LogP contribution in [0, 0.1) is 12.8 Å². The molecule has 2 radical (unpaired) electrons. The normalized spacial score (nSPS) is 10.5. The van der Waals surface area contributed by atoms with Gasteiger partial charge in [-0.25, -0.2) is 0 Å². The van der Waals surface area contributed by atoms with Crippen LogP contribution >= 0.6 is 0 Å². The van der Waals surface area contributed by atoms with Gasteiger partial charge in [0.15, 0.2) is 0 Å². The molecule has 0 heterocycles. The Bertz CT molecular complexity index is 184. The third-order valence-electron chi connectivity index (χ3n) is 1.91. The van der Waals surface area contributed by atoms with Crippen LogP contribution in [0.25, 0.3) is 0 Å². The van der Waals surface area contributed by atoms with Crippen molar-refractivity contribution in [1.82, 2.24) is 0 Å². The average Bonchev–Trinajstić information content (AvgIpc) is 2.09. The average molecular weight is 146 g/mol. The lowest BCUT2D eigenvalue weighted by atomic mass is 9.94. The summed E-state index contributed by atoms with van der Waals surface area (Å²) in [5, 5.41) is 0. The van der Waals surface area contributed by atoms with Gasteiger partial charge in [0.2, 0.25) is 0 Å². The third kappa shape index (κ3) is 2.07. The Morgan fingerprint density at radius 3 is 2.36 bits per heavy atom. The maximum absolute atomic E-state index is 3.90. The molecule has 1 aromatic rings. The molecule has 0 aliphatic heterocycles. The standard InChI is InChI=1S/C11H14/c1-3-10(4-2)11-8-6-5-7-9-11/h5-9H,1,3-4H2,2H3. The lowest BCUT2D eigenvalue weighted by molar-refractivity contribution is 0.891. The smallest absolute Gasteiger partial charge is 0.00471 e. The number of rotatable bonds is 3. The second-order valence-corrected chi connectivity index (χ2v) is 2.57. The Morgan fingerprint density at radius 1 is 1.27 bits per heavy atom. The summed E-state index contributed by atoms with van der Waals surface area (Å²) < 4.78 is 0. The first-order valence-electron chi connectivity index (χ1n) is 4.07. The predicted molar refractivity (Wildman–Crippen MR) is 49.1 cm³/mol. The molecule has 0 spiro atoms. The van der Waals surface area contributed by atoms with Gasteiger partial charge in [-0.2, -0.15) is 0 Å². The predicted octanol–water partition coefficient (Wildman–Crippen LogP) is 3.24. The van der Waals surface area contributed by atoms with Crippen molar-refractivity contribution in [2.75, 3.05) is 0 Å². The first-order chi connectivity index (χ1) is 5.38. The minimum absolute atomic E-state index is 0.917. The monoisotopic (exact) mass is 146 g/mol. The van der Waals surface area contributed by atoms with Gasteiger partial charge in [-0.05, 0) is 18.4 Å². The van der Waals surface area contributed by atoms with Gasteiger partial charge in [0.1, 0.15) is 0 Å². The maximum atomic E-state index is 3.90. The molecule has 1 aromatic carbocycles. The number of hydrogen-bond donors (Lipinski definition) is 0. The minimum atomic E-state index is 0.917. The molecule has 0 saturated heterocycles. The van der Waals surface area contributed by atoms with E-state index in [9.17, 15) is 0 Å². The van der Waals surface area contributed by atoms with Crippen molar-refractivity contribution in [3.63, 3.8) is 0 Å². The summed E-state index contributed by atoms with van der Waals surface area (Å²) in [4.78, 5) is 0. The highest BCUT2D eigenvalue weighted by atomic mass is 14.1. The molecule has 0 saturated carbocycles. The molecule has 0 bridgehead atoms. The van der Waals surface area contributed by atoms with Crippen LogP contribution in [0.4, 0.5) is 0 Å². The van der Waals surface area contributed by atoms with E-state index in [0.717, 1.165) is 12.8 Å². The molecule has 0 fully saturated rings. The lowest BCUT2D eigenvalue weighted by Gasteiger charge is -2.10. The van der Waals surface area contributed by atoms with Crippen molar-refractivity contribution >= 4 is 0 Å². The molecular formula is C11H14. The molecule has 0 nitrogen and oxygen atoms in total. The molecule has 0 atom stereocenters. The lowest BCUT2D eigenvalue weighted by Crippen LogP contribution is -1.95. The van der Waals surface area contributed by atoms with Gasteiger partial charge < -0.3 is 0 Å². The van der Waals surface area contributed by atoms with E-state index in [1.807, 2.05) is 6.07 Å². The van der Waals surface area contributed by atoms with E-state index < -0.39 is 0 Å². The topological polar surface area (TPSA) is 0 Å². The van der Waals surface area contributed by atoms with Crippen LogP contribution in [0.1, 0.15) is 25.3 Å². The van der Waals surface area contributed by atoms with Crippen LogP contribution in [0.2, 0.25) is 0 Å². The molecule has 0 unspecified atom stereocenters. The molecular weight excluding hydrogens is 132 g/mol. The molecule has 58 valence electrons. The zero-order valence-corrected chi connectivity index (χ0v) is 7.01. The van der Waals surface area contributed by atoms with Crippen molar-refractivity contribution in [2.45, 2.75) is 19.8 Å². The van der Waals surface area contributed by atoms with Gasteiger partial charge in [0.05, 0.1) is 0 Å². The van der Waals surface area contributed by atoms with Crippen molar-refractivity contribution in [3.05, 3.63) is 48.7 Å². The van der Waals surface area contributed by atoms with E-state index in [1.165, 1.54) is 11.5 Å². The summed E-state index contributed by atoms with van der Waals surface area (Å²) in [7, 11) is 0. The van der Waals surface area contributed by atoms with Crippen LogP contribution in [-0.2, 0) is 0 Å². The largest absolute Gasteiger partial charge is 0.0645 e. The fraction of sp³-hybridized carbons (Fsp3) is 0.273. The highest BCUT2D eigenvalue weighted by Gasteiger charge is 2.04. The van der Waals surface area contributed by atoms with E-state index in [1.54, 1.807) is 0 Å². The molecule has 0 aliphatic carbocycles. The van der Waals surface area contributed by atoms with Gasteiger partial charge in [0, 0.05) is 5.92 Å². The Balaban J connectivity index is 2.74. The Morgan fingerprint density at radius 2 is 1.91 bits per heavy atom. The second-order valence-electron chi connectivity index (χ2n) is 2.57. The fourth-order valence-electron chi connectivity index (χ4n) is 1.20. The number of hydrogen-bond acceptors (Lipinski definition) is 0. The van der Waals surface area contributed by atoms with Gasteiger partial charge in [-0.3, -0.25) is 0 Å². The SMILES string of the molecule is [CH2]C[C](CC)c1ccccc1. The van der Waals surface area contributed by atoms with Crippen molar-refractivity contribution < 1.29 is 0 Å². The first kappa shape index (κ1) is 8.32. The quantitative estimate of drug-likeness (QED) is 0.614. The van der Waals surface area contributed by atoms with Crippen LogP contribution in [-0.4, -0.2) is 0 Å². The highest BCUT2D eigenvalue weighted by Crippen LogP contribution is 2.20. The van der Waals surface area contributed by atoms with E-state index in [4.69, 9.17) is 0 Å². The fourth-order valence-corrected chi connectivity index (χ4v) is 1.20. The van der Waals surface area contributed by atoms with E-state index in [0.29, 0.717) is 0 Å². The summed E-state index contributed by atoms with van der Waals surface area (Å²) >= 11 is 0. The summed E-state index contributed by atoms with van der Waals surface area (Å²) in [5.74, 6) is 1.44. The third-order valence-corrected chi connectivity index (χ3v) is 1.91. The van der Waals surface area contributed by atoms with Crippen LogP contribution in [0.5, 0.6) is 0 Å². The van der Waals surface area contributed by atoms with E-state index in [2.05, 4.69) is 38.1 Å². The molecule has 1 rings (SSSR count). The van der Waals surface area contributed by atoms with Crippen molar-refractivity contribution in [3.8, 4) is 0 Å². The molecule has 0 aromatic heterocycles. The summed E-state index contributed by atoms with van der Waals surface area (Å²) in [5.41, 5.74) is 1.34. The minimum Gasteiger partial charge on any atom is -0.0645 e. The second kappa shape index (κ2) is 4.17. The number of benzene rings is 1. The summed E-state index contributed by atoms with van der Waals surface area (Å²) in [6.07, 6.45) is 2.02. The first-order valence-corrected chi connectivity index (χ1v) is 4.07. The van der Waals surface area contributed by atoms with Gasteiger partial charge in [-0.15, -0.1) is 0 Å². The van der Waals surface area contributed by atoms with Crippen LogP contribution in [0.3, 0.4) is 0 Å². The van der Waals surface area contributed by atoms with Crippen LogP contribution in [0.15, 0.2) is 30.3 Å². The summed E-state index contributed by atoms with van der Waals surface area (Å²) in [6.45, 7) is 6.07. The van der Waals surface area contributed by atoms with E-state index in [-0.39, 0.29) is 0 Å². The Labute approximate surface area is 69.3 Å². The Kier molecular flexibility index (Phi) is 3.15. The maximum Gasteiger partial charge on any atom is 0.00471 e. The molecule has 0 heteroatoms. The molecule has 0 aliphatic rings.